The van der Waals surface area contributed by atoms with Crippen molar-refractivity contribution in [3.05, 3.63) is 34.8 Å². The van der Waals surface area contributed by atoms with Crippen LogP contribution in [0.4, 0.5) is 0 Å². The predicted octanol–water partition coefficient (Wildman–Crippen LogP) is 1.78. The molecule has 1 aromatic carbocycles. The highest BCUT2D eigenvalue weighted by atomic mass is 79.9. The molecule has 0 aliphatic heterocycles. The van der Waals surface area contributed by atoms with Gasteiger partial charge in [0.05, 0.1) is 0 Å². The Kier molecular flexibility index (Phi) is 6.32. The van der Waals surface area contributed by atoms with Crippen LogP contribution in [0.1, 0.15) is 0 Å². The minimum Gasteiger partial charge on any atom is -0.168 e. The van der Waals surface area contributed by atoms with E-state index in [2.05, 4.69) is 15.9 Å². The van der Waals surface area contributed by atoms with Crippen molar-refractivity contribution >= 4 is 27.5 Å². The molecular weight excluding hydrogens is 216 g/mol. The topological polar surface area (TPSA) is 34.1 Å². The highest BCUT2D eigenvalue weighted by molar-refractivity contribution is 9.10. The fraction of sp³-hybridized carbons (Fsp3) is 0. The first kappa shape index (κ1) is 9.52. The average Bonchev–Trinajstić information content (AvgIpc) is 1.91. The van der Waals surface area contributed by atoms with Gasteiger partial charge in [0.1, 0.15) is 0 Å². The smallest absolute Gasteiger partial charge is 0.168 e. The molecule has 2 nitrogen and oxygen atoms in total. The van der Waals surface area contributed by atoms with E-state index >= 15 is 0 Å². The second kappa shape index (κ2) is 6.64. The fourth-order valence-electron chi connectivity index (χ4n) is 0.415. The van der Waals surface area contributed by atoms with E-state index in [-0.39, 0.29) is 0 Å². The Morgan fingerprint density at radius 2 is 1.50 bits per heavy atom. The van der Waals surface area contributed by atoms with E-state index in [1.165, 1.54) is 0 Å². The molecular formula is C6H5BrO2S. The van der Waals surface area contributed by atoms with Gasteiger partial charge >= 0.3 is 11.6 Å². The van der Waals surface area contributed by atoms with E-state index in [9.17, 15) is 0 Å². The van der Waals surface area contributed by atoms with Crippen LogP contribution in [-0.2, 0) is 11.6 Å². The lowest BCUT2D eigenvalue weighted by atomic mass is 10.4. The van der Waals surface area contributed by atoms with Crippen molar-refractivity contribution < 1.29 is 8.42 Å². The van der Waals surface area contributed by atoms with Gasteiger partial charge in [0.2, 0.25) is 0 Å². The van der Waals surface area contributed by atoms with Crippen LogP contribution in [0.2, 0.25) is 0 Å². The van der Waals surface area contributed by atoms with Gasteiger partial charge in [-0.3, -0.25) is 0 Å². The third-order valence-electron chi connectivity index (χ3n) is 0.733. The van der Waals surface area contributed by atoms with Gasteiger partial charge in [-0.1, -0.05) is 34.1 Å². The second-order valence-electron chi connectivity index (χ2n) is 1.36. The first-order valence-corrected chi connectivity index (χ1v) is 3.89. The molecule has 0 heterocycles. The lowest BCUT2D eigenvalue weighted by Gasteiger charge is -1.80. The number of hydrogen-bond donors (Lipinski definition) is 0. The summed E-state index contributed by atoms with van der Waals surface area (Å²) < 4.78 is 17.7. The molecule has 0 saturated carbocycles. The molecule has 0 N–H and O–H groups in total. The Hall–Kier alpha value is -0.480. The molecule has 4 heteroatoms. The van der Waals surface area contributed by atoms with Crippen molar-refractivity contribution in [2.24, 2.45) is 0 Å². The standard InChI is InChI=1S/C6H5Br.O2S/c7-6-4-2-1-3-5-6;1-3-2/h1-5H;. The van der Waals surface area contributed by atoms with Gasteiger partial charge in [-0.15, -0.1) is 0 Å². The average molecular weight is 221 g/mol. The van der Waals surface area contributed by atoms with E-state index in [1.807, 2.05) is 30.3 Å². The van der Waals surface area contributed by atoms with Gasteiger partial charge in [0, 0.05) is 4.47 Å². The van der Waals surface area contributed by atoms with E-state index in [1.54, 1.807) is 0 Å². The Balaban J connectivity index is 0.000000236. The van der Waals surface area contributed by atoms with Crippen molar-refractivity contribution in [3.63, 3.8) is 0 Å². The molecule has 54 valence electrons. The molecule has 0 fully saturated rings. The van der Waals surface area contributed by atoms with Gasteiger partial charge in [-0.25, -0.2) is 0 Å². The Morgan fingerprint density at radius 3 is 1.70 bits per heavy atom. The van der Waals surface area contributed by atoms with Crippen molar-refractivity contribution in [2.45, 2.75) is 0 Å². The minimum absolute atomic E-state index is 0.750. The Labute approximate surface area is 71.0 Å². The maximum absolute atomic E-state index is 8.29. The van der Waals surface area contributed by atoms with Crippen LogP contribution in [0.15, 0.2) is 34.8 Å². The molecule has 1 rings (SSSR count). The molecule has 0 bridgehead atoms. The monoisotopic (exact) mass is 220 g/mol. The van der Waals surface area contributed by atoms with Crippen molar-refractivity contribution in [3.8, 4) is 0 Å². The zero-order valence-corrected chi connectivity index (χ0v) is 7.39. The molecule has 0 aromatic heterocycles. The molecule has 0 spiro atoms. The van der Waals surface area contributed by atoms with Gasteiger partial charge in [-0.2, -0.15) is 8.42 Å². The van der Waals surface area contributed by atoms with Crippen LogP contribution in [0.5, 0.6) is 0 Å². The lowest BCUT2D eigenvalue weighted by molar-refractivity contribution is 0.630. The first-order valence-electron chi connectivity index (χ1n) is 2.43. The van der Waals surface area contributed by atoms with Gasteiger partial charge in [0.15, 0.2) is 0 Å². The summed E-state index contributed by atoms with van der Waals surface area (Å²) in [5.74, 6) is 0. The molecule has 10 heavy (non-hydrogen) atoms. The summed E-state index contributed by atoms with van der Waals surface area (Å²) in [7, 11) is 0. The Morgan fingerprint density at radius 1 is 1.10 bits per heavy atom. The summed E-state index contributed by atoms with van der Waals surface area (Å²) in [4.78, 5) is 0. The summed E-state index contributed by atoms with van der Waals surface area (Å²) in [5.41, 5.74) is 0. The maximum atomic E-state index is 8.29. The van der Waals surface area contributed by atoms with Crippen LogP contribution in [0.3, 0.4) is 0 Å². The maximum Gasteiger partial charge on any atom is 0.335 e. The van der Waals surface area contributed by atoms with Gasteiger partial charge in [0.25, 0.3) is 0 Å². The molecule has 0 unspecified atom stereocenters. The highest BCUT2D eigenvalue weighted by Crippen LogP contribution is 2.05. The zero-order valence-electron chi connectivity index (χ0n) is 4.99. The largest absolute Gasteiger partial charge is 0.335 e. The molecule has 0 aliphatic carbocycles. The number of hydrogen-bond acceptors (Lipinski definition) is 2. The van der Waals surface area contributed by atoms with Crippen LogP contribution in [0, 0.1) is 0 Å². The molecule has 0 atom stereocenters. The number of rotatable bonds is 0. The zero-order chi connectivity index (χ0) is 7.82. The van der Waals surface area contributed by atoms with E-state index in [0.29, 0.717) is 0 Å². The van der Waals surface area contributed by atoms with Crippen LogP contribution < -0.4 is 0 Å². The lowest BCUT2D eigenvalue weighted by Crippen LogP contribution is -1.55. The SMILES string of the molecule is Brc1ccccc1.O=S=O. The predicted molar refractivity (Wildman–Crippen MR) is 43.1 cm³/mol. The molecule has 0 radical (unpaired) electrons. The quantitative estimate of drug-likeness (QED) is 0.669. The summed E-state index contributed by atoms with van der Waals surface area (Å²) in [6.07, 6.45) is 0. The molecule has 1 aromatic rings. The van der Waals surface area contributed by atoms with Crippen molar-refractivity contribution in [1.82, 2.24) is 0 Å². The Bertz CT molecular complexity index is 206. The molecule has 0 aliphatic rings. The van der Waals surface area contributed by atoms with Gasteiger partial charge < -0.3 is 0 Å². The van der Waals surface area contributed by atoms with E-state index in [0.717, 1.165) is 4.47 Å². The fourth-order valence-corrected chi connectivity index (χ4v) is 0.720. The van der Waals surface area contributed by atoms with E-state index in [4.69, 9.17) is 8.42 Å². The second-order valence-corrected chi connectivity index (χ2v) is 2.42. The van der Waals surface area contributed by atoms with E-state index < -0.39 is 11.6 Å². The van der Waals surface area contributed by atoms with Crippen molar-refractivity contribution in [1.29, 1.82) is 0 Å². The highest BCUT2D eigenvalue weighted by Gasteiger charge is 1.74. The summed E-state index contributed by atoms with van der Waals surface area (Å²) >= 11 is 2.56. The summed E-state index contributed by atoms with van der Waals surface area (Å²) in [6, 6.07) is 9.97. The number of halogens is 1. The summed E-state index contributed by atoms with van der Waals surface area (Å²) in [5, 5.41) is 0. The molecule has 0 amide bonds. The first-order chi connectivity index (χ1) is 4.81. The summed E-state index contributed by atoms with van der Waals surface area (Å²) in [6.45, 7) is 0. The van der Waals surface area contributed by atoms with Crippen LogP contribution in [-0.4, -0.2) is 8.42 Å². The van der Waals surface area contributed by atoms with Gasteiger partial charge in [-0.05, 0) is 12.1 Å². The molecule has 0 saturated heterocycles. The third-order valence-corrected chi connectivity index (χ3v) is 1.26. The van der Waals surface area contributed by atoms with Crippen molar-refractivity contribution in [2.75, 3.05) is 0 Å². The van der Waals surface area contributed by atoms with Crippen LogP contribution in [0.25, 0.3) is 0 Å². The normalized spacial score (nSPS) is 7.30. The minimum atomic E-state index is -0.750. The third kappa shape index (κ3) is 5.65. The van der Waals surface area contributed by atoms with Crippen LogP contribution >= 0.6 is 15.9 Å². The number of benzene rings is 1.